The molecule has 0 N–H and O–H groups in total. The highest BCUT2D eigenvalue weighted by atomic mass is 32.2. The third kappa shape index (κ3) is 2.60. The number of aromatic nitrogens is 2. The van der Waals surface area contributed by atoms with Gasteiger partial charge >= 0.3 is 0 Å². The van der Waals surface area contributed by atoms with E-state index in [2.05, 4.69) is 17.1 Å². The summed E-state index contributed by atoms with van der Waals surface area (Å²) in [5.41, 5.74) is 0. The molecule has 0 aliphatic heterocycles. The molecule has 90 valence electrons. The highest BCUT2D eigenvalue weighted by Gasteiger charge is 2.24. The molecule has 0 radical (unpaired) electrons. The van der Waals surface area contributed by atoms with Crippen LogP contribution in [0.3, 0.4) is 0 Å². The molecule has 1 aromatic rings. The summed E-state index contributed by atoms with van der Waals surface area (Å²) in [6, 6.07) is 0. The standard InChI is InChI=1S/C10H16N2O2S2/c1-7-3-5-8(6-4-7)9-11-12-10(15-9)16(2,13)14/h7-8H,3-6H2,1-2H3. The summed E-state index contributed by atoms with van der Waals surface area (Å²) in [7, 11) is -3.19. The van der Waals surface area contributed by atoms with Gasteiger partial charge in [-0.2, -0.15) is 0 Å². The summed E-state index contributed by atoms with van der Waals surface area (Å²) in [5.74, 6) is 1.21. The highest BCUT2D eigenvalue weighted by molar-refractivity contribution is 7.92. The van der Waals surface area contributed by atoms with Gasteiger partial charge in [-0.15, -0.1) is 10.2 Å². The average Bonchev–Trinajstić information content (AvgIpc) is 2.67. The van der Waals surface area contributed by atoms with E-state index in [9.17, 15) is 8.42 Å². The summed E-state index contributed by atoms with van der Waals surface area (Å²) in [6.45, 7) is 2.26. The van der Waals surface area contributed by atoms with Crippen molar-refractivity contribution in [2.24, 2.45) is 5.92 Å². The van der Waals surface area contributed by atoms with Crippen LogP contribution >= 0.6 is 11.3 Å². The Morgan fingerprint density at radius 2 is 1.81 bits per heavy atom. The molecule has 16 heavy (non-hydrogen) atoms. The summed E-state index contributed by atoms with van der Waals surface area (Å²) in [6.07, 6.45) is 5.82. The van der Waals surface area contributed by atoms with Crippen LogP contribution in [0.1, 0.15) is 43.5 Å². The lowest BCUT2D eigenvalue weighted by Crippen LogP contribution is -2.10. The van der Waals surface area contributed by atoms with Gasteiger partial charge in [0.1, 0.15) is 5.01 Å². The Morgan fingerprint density at radius 1 is 1.19 bits per heavy atom. The molecule has 6 heteroatoms. The first-order chi connectivity index (χ1) is 7.47. The van der Waals surface area contributed by atoms with Gasteiger partial charge < -0.3 is 0 Å². The third-order valence-corrected chi connectivity index (χ3v) is 5.86. The second-order valence-electron chi connectivity index (χ2n) is 4.64. The normalized spacial score (nSPS) is 26.9. The molecule has 0 atom stereocenters. The second-order valence-corrected chi connectivity index (χ2v) is 7.83. The van der Waals surface area contributed by atoms with Gasteiger partial charge in [0.15, 0.2) is 0 Å². The van der Waals surface area contributed by atoms with E-state index in [1.165, 1.54) is 30.4 Å². The van der Waals surface area contributed by atoms with E-state index >= 15 is 0 Å². The van der Waals surface area contributed by atoms with Crippen molar-refractivity contribution in [3.05, 3.63) is 5.01 Å². The van der Waals surface area contributed by atoms with E-state index in [4.69, 9.17) is 0 Å². The van der Waals surface area contributed by atoms with Crippen molar-refractivity contribution in [2.45, 2.75) is 42.9 Å². The molecule has 1 fully saturated rings. The van der Waals surface area contributed by atoms with E-state index in [1.807, 2.05) is 0 Å². The third-order valence-electron chi connectivity index (χ3n) is 3.10. The zero-order valence-electron chi connectivity index (χ0n) is 9.51. The van der Waals surface area contributed by atoms with Crippen LogP contribution in [0, 0.1) is 5.92 Å². The molecule has 1 saturated carbocycles. The number of sulfone groups is 1. The molecular weight excluding hydrogens is 244 g/mol. The Morgan fingerprint density at radius 3 is 2.31 bits per heavy atom. The SMILES string of the molecule is CC1CCC(c2nnc(S(C)(=O)=O)s2)CC1. The molecular formula is C10H16N2O2S2. The zero-order chi connectivity index (χ0) is 11.8. The van der Waals surface area contributed by atoms with Gasteiger partial charge in [-0.1, -0.05) is 31.1 Å². The van der Waals surface area contributed by atoms with Crippen LogP contribution in [0.4, 0.5) is 0 Å². The maximum atomic E-state index is 11.3. The Bertz CT molecular complexity index is 459. The minimum absolute atomic E-state index is 0.154. The predicted octanol–water partition coefficient (Wildman–Crippen LogP) is 2.24. The smallest absolute Gasteiger partial charge is 0.221 e. The Hall–Kier alpha value is -0.490. The lowest BCUT2D eigenvalue weighted by Gasteiger charge is -2.23. The zero-order valence-corrected chi connectivity index (χ0v) is 11.1. The molecule has 0 aromatic carbocycles. The molecule has 2 rings (SSSR count). The molecule has 0 unspecified atom stereocenters. The monoisotopic (exact) mass is 260 g/mol. The first-order valence-corrected chi connectivity index (χ1v) is 8.21. The number of hydrogen-bond acceptors (Lipinski definition) is 5. The summed E-state index contributed by atoms with van der Waals surface area (Å²) >= 11 is 1.24. The first-order valence-electron chi connectivity index (χ1n) is 5.50. The second kappa shape index (κ2) is 4.41. The van der Waals surface area contributed by atoms with Gasteiger partial charge in [-0.3, -0.25) is 0 Å². The van der Waals surface area contributed by atoms with Crippen molar-refractivity contribution in [3.8, 4) is 0 Å². The Balaban J connectivity index is 2.14. The first kappa shape index (κ1) is 12.0. The summed E-state index contributed by atoms with van der Waals surface area (Å²) in [5, 5.41) is 8.68. The molecule has 0 bridgehead atoms. The predicted molar refractivity (Wildman–Crippen MR) is 63.4 cm³/mol. The molecule has 1 aliphatic rings. The van der Waals surface area contributed by atoms with E-state index < -0.39 is 9.84 Å². The summed E-state index contributed by atoms with van der Waals surface area (Å²) in [4.78, 5) is 0. The van der Waals surface area contributed by atoms with E-state index in [0.29, 0.717) is 5.92 Å². The van der Waals surface area contributed by atoms with Crippen LogP contribution in [0.2, 0.25) is 0 Å². The van der Waals surface area contributed by atoms with E-state index in [-0.39, 0.29) is 4.34 Å². The van der Waals surface area contributed by atoms with E-state index in [1.54, 1.807) is 0 Å². The lowest BCUT2D eigenvalue weighted by molar-refractivity contribution is 0.346. The molecule has 1 aliphatic carbocycles. The van der Waals surface area contributed by atoms with Gasteiger partial charge in [0.25, 0.3) is 0 Å². The highest BCUT2D eigenvalue weighted by Crippen LogP contribution is 2.37. The van der Waals surface area contributed by atoms with Crippen LogP contribution in [-0.2, 0) is 9.84 Å². The minimum atomic E-state index is -3.19. The van der Waals surface area contributed by atoms with Crippen molar-refractivity contribution >= 4 is 21.2 Å². The molecule has 1 aromatic heterocycles. The number of hydrogen-bond donors (Lipinski definition) is 0. The van der Waals surface area contributed by atoms with Gasteiger partial charge in [0, 0.05) is 12.2 Å². The van der Waals surface area contributed by atoms with E-state index in [0.717, 1.165) is 23.8 Å². The van der Waals surface area contributed by atoms with Crippen molar-refractivity contribution in [2.75, 3.05) is 6.26 Å². The Kier molecular flexibility index (Phi) is 3.30. The lowest BCUT2D eigenvalue weighted by atomic mass is 9.83. The van der Waals surface area contributed by atoms with Gasteiger partial charge in [-0.05, 0) is 18.8 Å². The van der Waals surface area contributed by atoms with Crippen molar-refractivity contribution in [3.63, 3.8) is 0 Å². The quantitative estimate of drug-likeness (QED) is 0.818. The molecule has 4 nitrogen and oxygen atoms in total. The maximum absolute atomic E-state index is 11.3. The van der Waals surface area contributed by atoms with Crippen LogP contribution in [-0.4, -0.2) is 24.9 Å². The van der Waals surface area contributed by atoms with Crippen molar-refractivity contribution in [1.82, 2.24) is 10.2 Å². The average molecular weight is 260 g/mol. The minimum Gasteiger partial charge on any atom is -0.221 e. The summed E-state index contributed by atoms with van der Waals surface area (Å²) < 4.78 is 22.7. The molecule has 0 amide bonds. The fourth-order valence-corrected chi connectivity index (χ4v) is 3.84. The largest absolute Gasteiger partial charge is 0.232 e. The van der Waals surface area contributed by atoms with Crippen LogP contribution < -0.4 is 0 Å². The van der Waals surface area contributed by atoms with Crippen LogP contribution in [0.25, 0.3) is 0 Å². The maximum Gasteiger partial charge on any atom is 0.232 e. The van der Waals surface area contributed by atoms with Crippen LogP contribution in [0.5, 0.6) is 0 Å². The molecule has 0 saturated heterocycles. The van der Waals surface area contributed by atoms with Gasteiger partial charge in [-0.25, -0.2) is 8.42 Å². The van der Waals surface area contributed by atoms with Gasteiger partial charge in [0.05, 0.1) is 0 Å². The fraction of sp³-hybridized carbons (Fsp3) is 0.800. The number of rotatable bonds is 2. The number of nitrogens with zero attached hydrogens (tertiary/aromatic N) is 2. The Labute approximate surface area is 100 Å². The van der Waals surface area contributed by atoms with Gasteiger partial charge in [0.2, 0.25) is 14.2 Å². The fourth-order valence-electron chi connectivity index (χ4n) is 2.04. The van der Waals surface area contributed by atoms with Crippen LogP contribution in [0.15, 0.2) is 4.34 Å². The van der Waals surface area contributed by atoms with Crippen molar-refractivity contribution < 1.29 is 8.42 Å². The van der Waals surface area contributed by atoms with Crippen molar-refractivity contribution in [1.29, 1.82) is 0 Å². The molecule has 1 heterocycles. The topological polar surface area (TPSA) is 59.9 Å². The molecule has 0 spiro atoms.